The third-order valence-electron chi connectivity index (χ3n) is 3.88. The number of aromatic nitrogens is 1. The number of nitrogens with two attached hydrogens (primary N) is 1. The number of carbonyl (C=O) groups is 1. The number of nitrogens with one attached hydrogen (secondary N) is 1. The second kappa shape index (κ2) is 6.67. The molecule has 20 heavy (non-hydrogen) atoms. The molecule has 110 valence electrons. The summed E-state index contributed by atoms with van der Waals surface area (Å²) in [6, 6.07) is 3.86. The topological polar surface area (TPSA) is 74.5 Å². The number of hydrogen-bond donors (Lipinski definition) is 2. The zero-order valence-electron chi connectivity index (χ0n) is 12.2. The third-order valence-corrected chi connectivity index (χ3v) is 3.88. The molecule has 1 saturated heterocycles. The smallest absolute Gasteiger partial charge is 0.272 e. The number of rotatable bonds is 5. The van der Waals surface area contributed by atoms with Gasteiger partial charge in [0.2, 0.25) is 0 Å². The van der Waals surface area contributed by atoms with Crippen LogP contribution >= 0.6 is 0 Å². The second-order valence-electron chi connectivity index (χ2n) is 5.18. The van der Waals surface area contributed by atoms with Crippen molar-refractivity contribution in [1.29, 1.82) is 0 Å². The normalized spacial score (nSPS) is 19.1. The molecule has 0 saturated carbocycles. The van der Waals surface area contributed by atoms with E-state index in [1.165, 1.54) is 6.42 Å². The molecule has 1 aromatic rings. The highest BCUT2D eigenvalue weighted by Crippen LogP contribution is 2.18. The first-order valence-corrected chi connectivity index (χ1v) is 7.08. The SMILES string of the molecule is CCN1CCCC1CN(C)C(=O)c1cc(NN)ccn1. The lowest BCUT2D eigenvalue weighted by molar-refractivity contribution is 0.0749. The van der Waals surface area contributed by atoms with Crippen LogP contribution in [0.4, 0.5) is 5.69 Å². The van der Waals surface area contributed by atoms with Gasteiger partial charge in [-0.25, -0.2) is 0 Å². The highest BCUT2D eigenvalue weighted by atomic mass is 16.2. The standard InChI is InChI=1S/C14H23N5O/c1-3-19-8-4-5-12(19)10-18(2)14(20)13-9-11(17-15)6-7-16-13/h6-7,9,12H,3-5,8,10,15H2,1-2H3,(H,16,17). The minimum Gasteiger partial charge on any atom is -0.339 e. The van der Waals surface area contributed by atoms with Gasteiger partial charge in [0, 0.05) is 25.8 Å². The van der Waals surface area contributed by atoms with E-state index in [1.54, 1.807) is 23.2 Å². The molecule has 1 aliphatic rings. The van der Waals surface area contributed by atoms with Crippen LogP contribution in [0.1, 0.15) is 30.3 Å². The van der Waals surface area contributed by atoms with Crippen LogP contribution in [0, 0.1) is 0 Å². The summed E-state index contributed by atoms with van der Waals surface area (Å²) in [6.07, 6.45) is 3.96. The van der Waals surface area contributed by atoms with Crippen LogP contribution in [0.25, 0.3) is 0 Å². The molecule has 0 aromatic carbocycles. The number of likely N-dealkylation sites (tertiary alicyclic amines) is 1. The molecule has 6 nitrogen and oxygen atoms in total. The van der Waals surface area contributed by atoms with Crippen LogP contribution in [-0.2, 0) is 0 Å². The quantitative estimate of drug-likeness (QED) is 0.618. The zero-order valence-corrected chi connectivity index (χ0v) is 12.2. The van der Waals surface area contributed by atoms with E-state index >= 15 is 0 Å². The molecule has 1 amide bonds. The second-order valence-corrected chi connectivity index (χ2v) is 5.18. The summed E-state index contributed by atoms with van der Waals surface area (Å²) in [5, 5.41) is 0. The third kappa shape index (κ3) is 3.26. The Labute approximate surface area is 119 Å². The maximum Gasteiger partial charge on any atom is 0.272 e. The van der Waals surface area contributed by atoms with Crippen molar-refractivity contribution in [3.8, 4) is 0 Å². The van der Waals surface area contributed by atoms with Crippen LogP contribution in [0.2, 0.25) is 0 Å². The van der Waals surface area contributed by atoms with Crippen molar-refractivity contribution in [1.82, 2.24) is 14.8 Å². The van der Waals surface area contributed by atoms with Gasteiger partial charge in [-0.15, -0.1) is 0 Å². The Balaban J connectivity index is 2.01. The van der Waals surface area contributed by atoms with Crippen molar-refractivity contribution in [3.63, 3.8) is 0 Å². The van der Waals surface area contributed by atoms with Gasteiger partial charge in [0.1, 0.15) is 5.69 Å². The fourth-order valence-corrected chi connectivity index (χ4v) is 2.75. The maximum atomic E-state index is 12.4. The van der Waals surface area contributed by atoms with E-state index < -0.39 is 0 Å². The number of pyridine rings is 1. The molecule has 2 heterocycles. The molecule has 3 N–H and O–H groups in total. The first kappa shape index (κ1) is 14.7. The van der Waals surface area contributed by atoms with Gasteiger partial charge >= 0.3 is 0 Å². The highest BCUT2D eigenvalue weighted by molar-refractivity contribution is 5.92. The summed E-state index contributed by atoms with van der Waals surface area (Å²) >= 11 is 0. The van der Waals surface area contributed by atoms with E-state index in [1.807, 2.05) is 7.05 Å². The number of hydrogen-bond acceptors (Lipinski definition) is 5. The fourth-order valence-electron chi connectivity index (χ4n) is 2.75. The summed E-state index contributed by atoms with van der Waals surface area (Å²) in [6.45, 7) is 5.08. The summed E-state index contributed by atoms with van der Waals surface area (Å²) in [7, 11) is 1.83. The maximum absolute atomic E-state index is 12.4. The van der Waals surface area contributed by atoms with Crippen LogP contribution in [-0.4, -0.2) is 53.4 Å². The number of likely N-dealkylation sites (N-methyl/N-ethyl adjacent to an activating group) is 2. The molecule has 0 spiro atoms. The Morgan fingerprint density at radius 2 is 2.45 bits per heavy atom. The lowest BCUT2D eigenvalue weighted by Gasteiger charge is -2.27. The average molecular weight is 277 g/mol. The fraction of sp³-hybridized carbons (Fsp3) is 0.571. The summed E-state index contributed by atoms with van der Waals surface area (Å²) in [5.74, 6) is 5.29. The molecule has 0 aliphatic carbocycles. The first-order valence-electron chi connectivity index (χ1n) is 7.08. The van der Waals surface area contributed by atoms with Crippen LogP contribution in [0.5, 0.6) is 0 Å². The van der Waals surface area contributed by atoms with Crippen molar-refractivity contribution < 1.29 is 4.79 Å². The van der Waals surface area contributed by atoms with E-state index in [2.05, 4.69) is 22.2 Å². The summed E-state index contributed by atoms with van der Waals surface area (Å²) < 4.78 is 0. The zero-order chi connectivity index (χ0) is 14.5. The van der Waals surface area contributed by atoms with Gasteiger partial charge in [0.05, 0.1) is 5.69 Å². The number of nitrogen functional groups attached to an aromatic ring is 1. The lowest BCUT2D eigenvalue weighted by atomic mass is 10.2. The number of anilines is 1. The van der Waals surface area contributed by atoms with Gasteiger partial charge < -0.3 is 10.3 Å². The minimum absolute atomic E-state index is 0.0648. The molecule has 1 fully saturated rings. The van der Waals surface area contributed by atoms with Gasteiger partial charge in [0.15, 0.2) is 0 Å². The van der Waals surface area contributed by atoms with Crippen molar-refractivity contribution in [2.75, 3.05) is 32.1 Å². The molecule has 6 heteroatoms. The molecule has 0 radical (unpaired) electrons. The summed E-state index contributed by atoms with van der Waals surface area (Å²) in [5.41, 5.74) is 3.64. The summed E-state index contributed by atoms with van der Waals surface area (Å²) in [4.78, 5) is 20.7. The molecular formula is C14H23N5O. The number of hydrazine groups is 1. The van der Waals surface area contributed by atoms with E-state index in [0.717, 1.165) is 26.1 Å². The van der Waals surface area contributed by atoms with Gasteiger partial charge in [-0.2, -0.15) is 0 Å². The van der Waals surface area contributed by atoms with Crippen LogP contribution in [0.3, 0.4) is 0 Å². The Morgan fingerprint density at radius 3 is 3.15 bits per heavy atom. The molecule has 0 bridgehead atoms. The minimum atomic E-state index is -0.0648. The van der Waals surface area contributed by atoms with E-state index in [4.69, 9.17) is 5.84 Å². The molecular weight excluding hydrogens is 254 g/mol. The molecule has 2 rings (SSSR count). The lowest BCUT2D eigenvalue weighted by Crippen LogP contribution is -2.41. The van der Waals surface area contributed by atoms with Gasteiger partial charge in [-0.05, 0) is 38.1 Å². The predicted molar refractivity (Wildman–Crippen MR) is 79.3 cm³/mol. The van der Waals surface area contributed by atoms with E-state index in [0.29, 0.717) is 17.4 Å². The largest absolute Gasteiger partial charge is 0.339 e. The molecule has 1 aromatic heterocycles. The van der Waals surface area contributed by atoms with E-state index in [9.17, 15) is 4.79 Å². The van der Waals surface area contributed by atoms with Crippen molar-refractivity contribution >= 4 is 11.6 Å². The van der Waals surface area contributed by atoms with Crippen molar-refractivity contribution in [2.24, 2.45) is 5.84 Å². The van der Waals surface area contributed by atoms with Crippen molar-refractivity contribution in [2.45, 2.75) is 25.8 Å². The highest BCUT2D eigenvalue weighted by Gasteiger charge is 2.26. The number of nitrogens with zero attached hydrogens (tertiary/aromatic N) is 3. The predicted octanol–water partition coefficient (Wildman–Crippen LogP) is 0.924. The van der Waals surface area contributed by atoms with Crippen LogP contribution < -0.4 is 11.3 Å². The molecule has 1 aliphatic heterocycles. The first-order chi connectivity index (χ1) is 9.65. The Bertz CT molecular complexity index is 465. The van der Waals surface area contributed by atoms with Gasteiger partial charge in [0.25, 0.3) is 5.91 Å². The number of amides is 1. The van der Waals surface area contributed by atoms with E-state index in [-0.39, 0.29) is 5.91 Å². The van der Waals surface area contributed by atoms with Gasteiger partial charge in [-0.1, -0.05) is 6.92 Å². The number of carbonyl (C=O) groups excluding carboxylic acids is 1. The average Bonchev–Trinajstić information content (AvgIpc) is 2.93. The molecule has 1 atom stereocenters. The Morgan fingerprint density at radius 1 is 1.65 bits per heavy atom. The van der Waals surface area contributed by atoms with Crippen LogP contribution in [0.15, 0.2) is 18.3 Å². The van der Waals surface area contributed by atoms with Gasteiger partial charge in [-0.3, -0.25) is 20.5 Å². The Hall–Kier alpha value is -1.66. The van der Waals surface area contributed by atoms with Crippen molar-refractivity contribution in [3.05, 3.63) is 24.0 Å². The monoisotopic (exact) mass is 277 g/mol. The molecule has 1 unspecified atom stereocenters. The Kier molecular flexibility index (Phi) is 4.92.